The van der Waals surface area contributed by atoms with Gasteiger partial charge in [0.15, 0.2) is 0 Å². The highest BCUT2D eigenvalue weighted by Crippen LogP contribution is 1.93. The van der Waals surface area contributed by atoms with Gasteiger partial charge in [-0.25, -0.2) is 0 Å². The molecule has 0 aromatic rings. The first-order valence-corrected chi connectivity index (χ1v) is 4.86. The van der Waals surface area contributed by atoms with Crippen molar-refractivity contribution in [1.29, 1.82) is 0 Å². The molecule has 4 N–H and O–H groups in total. The number of carbonyl (C=O) groups excluding carboxylic acids is 1. The number of hydrogen-bond donors (Lipinski definition) is 3. The zero-order chi connectivity index (χ0) is 10.1. The normalized spacial score (nSPS) is 12.5. The van der Waals surface area contributed by atoms with Crippen LogP contribution in [0.1, 0.15) is 32.6 Å². The monoisotopic (exact) mass is 188 g/mol. The molecule has 0 rings (SSSR count). The highest BCUT2D eigenvalue weighted by molar-refractivity contribution is 5.81. The fraction of sp³-hybridized carbons (Fsp3) is 0.889. The second-order valence-corrected chi connectivity index (χ2v) is 3.12. The Kier molecular flexibility index (Phi) is 7.63. The molecule has 0 spiro atoms. The van der Waals surface area contributed by atoms with Gasteiger partial charge in [0.05, 0.1) is 6.04 Å². The largest absolute Gasteiger partial charge is 0.396 e. The van der Waals surface area contributed by atoms with Crippen LogP contribution >= 0.6 is 0 Å². The van der Waals surface area contributed by atoms with Gasteiger partial charge in [-0.2, -0.15) is 0 Å². The standard InChI is InChI=1S/C9H20N2O2/c1-2-5-8(10)9(13)11-6-3-4-7-12/h8,12H,2-7,10H2,1H3,(H,11,13). The van der Waals surface area contributed by atoms with Crippen molar-refractivity contribution >= 4 is 5.91 Å². The van der Waals surface area contributed by atoms with Crippen molar-refractivity contribution in [2.45, 2.75) is 38.6 Å². The average molecular weight is 188 g/mol. The summed E-state index contributed by atoms with van der Waals surface area (Å²) < 4.78 is 0. The molecule has 0 aliphatic carbocycles. The molecule has 0 saturated heterocycles. The van der Waals surface area contributed by atoms with Crippen molar-refractivity contribution in [2.24, 2.45) is 5.73 Å². The van der Waals surface area contributed by atoms with E-state index in [1.807, 2.05) is 6.92 Å². The minimum absolute atomic E-state index is 0.0835. The summed E-state index contributed by atoms with van der Waals surface area (Å²) in [6, 6.07) is -0.376. The molecule has 0 saturated carbocycles. The molecule has 0 fully saturated rings. The zero-order valence-corrected chi connectivity index (χ0v) is 8.25. The lowest BCUT2D eigenvalue weighted by Gasteiger charge is -2.10. The van der Waals surface area contributed by atoms with E-state index in [0.29, 0.717) is 6.54 Å². The van der Waals surface area contributed by atoms with Gasteiger partial charge in [0.1, 0.15) is 0 Å². The number of hydrogen-bond acceptors (Lipinski definition) is 3. The summed E-state index contributed by atoms with van der Waals surface area (Å²) in [5.74, 6) is -0.0835. The maximum absolute atomic E-state index is 11.2. The maximum atomic E-state index is 11.2. The van der Waals surface area contributed by atoms with Crippen molar-refractivity contribution in [1.82, 2.24) is 5.32 Å². The number of aliphatic hydroxyl groups is 1. The van der Waals surface area contributed by atoms with Crippen molar-refractivity contribution < 1.29 is 9.90 Å². The molecule has 0 radical (unpaired) electrons. The Morgan fingerprint density at radius 2 is 2.23 bits per heavy atom. The third-order valence-corrected chi connectivity index (χ3v) is 1.82. The van der Waals surface area contributed by atoms with Crippen LogP contribution in [-0.4, -0.2) is 30.2 Å². The van der Waals surface area contributed by atoms with Gasteiger partial charge in [-0.15, -0.1) is 0 Å². The number of nitrogens with two attached hydrogens (primary N) is 1. The first kappa shape index (κ1) is 12.4. The highest BCUT2D eigenvalue weighted by Gasteiger charge is 2.10. The van der Waals surface area contributed by atoms with Gasteiger partial charge in [0.25, 0.3) is 0 Å². The van der Waals surface area contributed by atoms with Gasteiger partial charge in [-0.05, 0) is 19.3 Å². The molecule has 0 aromatic carbocycles. The van der Waals surface area contributed by atoms with Crippen LogP contribution in [0.2, 0.25) is 0 Å². The minimum Gasteiger partial charge on any atom is -0.396 e. The Balaban J connectivity index is 3.38. The Bertz CT molecular complexity index is 140. The van der Waals surface area contributed by atoms with E-state index < -0.39 is 0 Å². The van der Waals surface area contributed by atoms with E-state index in [1.165, 1.54) is 0 Å². The molecule has 0 bridgehead atoms. The molecule has 0 aliphatic rings. The van der Waals surface area contributed by atoms with Crippen LogP contribution in [0, 0.1) is 0 Å². The van der Waals surface area contributed by atoms with E-state index in [9.17, 15) is 4.79 Å². The number of aliphatic hydroxyl groups excluding tert-OH is 1. The van der Waals surface area contributed by atoms with Crippen molar-refractivity contribution in [3.05, 3.63) is 0 Å². The fourth-order valence-electron chi connectivity index (χ4n) is 1.02. The average Bonchev–Trinajstić information content (AvgIpc) is 2.12. The minimum atomic E-state index is -0.376. The fourth-order valence-corrected chi connectivity index (χ4v) is 1.02. The van der Waals surface area contributed by atoms with E-state index in [1.54, 1.807) is 0 Å². The number of rotatable bonds is 7. The number of unbranched alkanes of at least 4 members (excludes halogenated alkanes) is 1. The molecule has 4 nitrogen and oxygen atoms in total. The Hall–Kier alpha value is -0.610. The molecule has 78 valence electrons. The second kappa shape index (κ2) is 8.01. The van der Waals surface area contributed by atoms with Crippen LogP contribution in [0.25, 0.3) is 0 Å². The summed E-state index contributed by atoms with van der Waals surface area (Å²) in [5, 5.41) is 11.2. The Labute approximate surface area is 79.5 Å². The van der Waals surface area contributed by atoms with E-state index in [0.717, 1.165) is 25.7 Å². The van der Waals surface area contributed by atoms with Crippen LogP contribution in [0.3, 0.4) is 0 Å². The maximum Gasteiger partial charge on any atom is 0.236 e. The Morgan fingerprint density at radius 3 is 2.77 bits per heavy atom. The van der Waals surface area contributed by atoms with Gasteiger partial charge < -0.3 is 16.2 Å². The zero-order valence-electron chi connectivity index (χ0n) is 8.25. The Morgan fingerprint density at radius 1 is 1.54 bits per heavy atom. The topological polar surface area (TPSA) is 75.4 Å². The van der Waals surface area contributed by atoms with Gasteiger partial charge in [-0.3, -0.25) is 4.79 Å². The van der Waals surface area contributed by atoms with Crippen LogP contribution in [0.4, 0.5) is 0 Å². The molecular formula is C9H20N2O2. The van der Waals surface area contributed by atoms with Crippen molar-refractivity contribution in [2.75, 3.05) is 13.2 Å². The second-order valence-electron chi connectivity index (χ2n) is 3.12. The smallest absolute Gasteiger partial charge is 0.236 e. The van der Waals surface area contributed by atoms with Gasteiger partial charge in [-0.1, -0.05) is 13.3 Å². The summed E-state index contributed by atoms with van der Waals surface area (Å²) in [5.41, 5.74) is 5.58. The van der Waals surface area contributed by atoms with Crippen molar-refractivity contribution in [3.63, 3.8) is 0 Å². The SMILES string of the molecule is CCCC(N)C(=O)NCCCCO. The summed E-state index contributed by atoms with van der Waals surface area (Å²) in [7, 11) is 0. The molecular weight excluding hydrogens is 168 g/mol. The summed E-state index contributed by atoms with van der Waals surface area (Å²) in [6.07, 6.45) is 3.18. The predicted molar refractivity (Wildman–Crippen MR) is 52.2 cm³/mol. The quantitative estimate of drug-likeness (QED) is 0.492. The third-order valence-electron chi connectivity index (χ3n) is 1.82. The van der Waals surface area contributed by atoms with Crippen molar-refractivity contribution in [3.8, 4) is 0 Å². The lowest BCUT2D eigenvalue weighted by atomic mass is 10.1. The summed E-state index contributed by atoms with van der Waals surface area (Å²) in [6.45, 7) is 2.78. The van der Waals surface area contributed by atoms with E-state index in [4.69, 9.17) is 10.8 Å². The molecule has 0 aromatic heterocycles. The number of nitrogens with one attached hydrogen (secondary N) is 1. The molecule has 1 amide bonds. The lowest BCUT2D eigenvalue weighted by molar-refractivity contribution is -0.122. The first-order chi connectivity index (χ1) is 6.22. The number of carbonyl (C=O) groups is 1. The predicted octanol–water partition coefficient (Wildman–Crippen LogP) is 0.00250. The molecule has 1 unspecified atom stereocenters. The molecule has 0 heterocycles. The summed E-state index contributed by atoms with van der Waals surface area (Å²) >= 11 is 0. The highest BCUT2D eigenvalue weighted by atomic mass is 16.2. The number of amides is 1. The first-order valence-electron chi connectivity index (χ1n) is 4.86. The van der Waals surface area contributed by atoms with Crippen LogP contribution in [-0.2, 0) is 4.79 Å². The molecule has 4 heteroatoms. The van der Waals surface area contributed by atoms with E-state index >= 15 is 0 Å². The van der Waals surface area contributed by atoms with E-state index in [2.05, 4.69) is 5.32 Å². The molecule has 13 heavy (non-hydrogen) atoms. The lowest BCUT2D eigenvalue weighted by Crippen LogP contribution is -2.40. The summed E-state index contributed by atoms with van der Waals surface area (Å²) in [4.78, 5) is 11.2. The van der Waals surface area contributed by atoms with Gasteiger partial charge in [0, 0.05) is 13.2 Å². The molecule has 0 aliphatic heterocycles. The molecule has 1 atom stereocenters. The van der Waals surface area contributed by atoms with E-state index in [-0.39, 0.29) is 18.6 Å². The third kappa shape index (κ3) is 6.54. The van der Waals surface area contributed by atoms with Gasteiger partial charge >= 0.3 is 0 Å². The van der Waals surface area contributed by atoms with Crippen LogP contribution < -0.4 is 11.1 Å². The van der Waals surface area contributed by atoms with Crippen LogP contribution in [0.15, 0.2) is 0 Å². The van der Waals surface area contributed by atoms with Crippen LogP contribution in [0.5, 0.6) is 0 Å². The van der Waals surface area contributed by atoms with Gasteiger partial charge in [0.2, 0.25) is 5.91 Å².